The van der Waals surface area contributed by atoms with Crippen molar-refractivity contribution in [1.82, 2.24) is 4.90 Å². The fourth-order valence-corrected chi connectivity index (χ4v) is 3.71. The molecule has 1 heterocycles. The number of hydrogen-bond acceptors (Lipinski definition) is 3. The number of carbonyl (C=O) groups is 2. The smallest absolute Gasteiger partial charge is 0.228 e. The molecule has 0 radical (unpaired) electrons. The topological polar surface area (TPSA) is 61.4 Å². The van der Waals surface area contributed by atoms with Crippen LogP contribution in [-0.2, 0) is 16.1 Å². The largest absolute Gasteiger partial charge is 0.326 e. The van der Waals surface area contributed by atoms with E-state index in [9.17, 15) is 9.59 Å². The van der Waals surface area contributed by atoms with E-state index in [1.807, 2.05) is 12.1 Å². The van der Waals surface area contributed by atoms with Gasteiger partial charge in [0.25, 0.3) is 0 Å². The van der Waals surface area contributed by atoms with E-state index in [-0.39, 0.29) is 17.7 Å². The van der Waals surface area contributed by atoms with Crippen LogP contribution in [0.4, 0.5) is 11.4 Å². The number of hydrogen-bond donors (Lipinski definition) is 2. The molecule has 2 aromatic rings. The number of anilines is 2. The van der Waals surface area contributed by atoms with Crippen molar-refractivity contribution in [1.29, 1.82) is 0 Å². The molecule has 7 heteroatoms. The van der Waals surface area contributed by atoms with E-state index in [2.05, 4.69) is 15.5 Å². The summed E-state index contributed by atoms with van der Waals surface area (Å²) in [6.07, 6.45) is 1.84. The first-order valence-corrected chi connectivity index (χ1v) is 10.0. The van der Waals surface area contributed by atoms with Crippen LogP contribution < -0.4 is 10.6 Å². The van der Waals surface area contributed by atoms with Crippen LogP contribution in [0.5, 0.6) is 0 Å². The SMILES string of the molecule is CC(=O)Nc1ccc(NC(=O)C2CCCN(Cc3ccc(Cl)c(Cl)c3)C2)cc1. The monoisotopic (exact) mass is 419 g/mol. The summed E-state index contributed by atoms with van der Waals surface area (Å²) in [5.74, 6) is -0.168. The maximum atomic E-state index is 12.7. The Morgan fingerprint density at radius 2 is 1.71 bits per heavy atom. The van der Waals surface area contributed by atoms with E-state index in [0.717, 1.165) is 37.2 Å². The zero-order valence-electron chi connectivity index (χ0n) is 15.7. The third kappa shape index (κ3) is 5.71. The van der Waals surface area contributed by atoms with Crippen LogP contribution in [0.3, 0.4) is 0 Å². The highest BCUT2D eigenvalue weighted by molar-refractivity contribution is 6.42. The molecule has 1 unspecified atom stereocenters. The highest BCUT2D eigenvalue weighted by Crippen LogP contribution is 2.25. The Hall–Kier alpha value is -2.08. The van der Waals surface area contributed by atoms with Crippen LogP contribution in [0.1, 0.15) is 25.3 Å². The first-order valence-electron chi connectivity index (χ1n) is 9.25. The van der Waals surface area contributed by atoms with E-state index in [1.54, 1.807) is 30.3 Å². The third-order valence-corrected chi connectivity index (χ3v) is 5.48. The Morgan fingerprint density at radius 1 is 1.04 bits per heavy atom. The van der Waals surface area contributed by atoms with Crippen molar-refractivity contribution in [2.45, 2.75) is 26.3 Å². The van der Waals surface area contributed by atoms with Gasteiger partial charge in [-0.1, -0.05) is 29.3 Å². The van der Waals surface area contributed by atoms with Gasteiger partial charge in [-0.2, -0.15) is 0 Å². The minimum Gasteiger partial charge on any atom is -0.326 e. The van der Waals surface area contributed by atoms with Crippen molar-refractivity contribution >= 4 is 46.4 Å². The van der Waals surface area contributed by atoms with Gasteiger partial charge < -0.3 is 10.6 Å². The third-order valence-electron chi connectivity index (χ3n) is 4.74. The van der Waals surface area contributed by atoms with Gasteiger partial charge in [-0.15, -0.1) is 0 Å². The van der Waals surface area contributed by atoms with Gasteiger partial charge in [0.1, 0.15) is 0 Å². The number of nitrogens with one attached hydrogen (secondary N) is 2. The second-order valence-corrected chi connectivity index (χ2v) is 7.88. The summed E-state index contributed by atoms with van der Waals surface area (Å²) in [5.41, 5.74) is 2.51. The van der Waals surface area contributed by atoms with E-state index in [0.29, 0.717) is 22.3 Å². The quantitative estimate of drug-likeness (QED) is 0.731. The lowest BCUT2D eigenvalue weighted by molar-refractivity contribution is -0.121. The summed E-state index contributed by atoms with van der Waals surface area (Å²) in [4.78, 5) is 26.0. The Balaban J connectivity index is 1.56. The second-order valence-electron chi connectivity index (χ2n) is 7.07. The van der Waals surface area contributed by atoms with E-state index in [1.165, 1.54) is 6.92 Å². The molecule has 1 atom stereocenters. The Bertz CT molecular complexity index is 855. The maximum Gasteiger partial charge on any atom is 0.228 e. The van der Waals surface area contributed by atoms with Gasteiger partial charge in [-0.3, -0.25) is 14.5 Å². The number of rotatable bonds is 5. The molecule has 1 fully saturated rings. The Labute approximate surface area is 175 Å². The molecule has 2 N–H and O–H groups in total. The predicted octanol–water partition coefficient (Wildman–Crippen LogP) is 4.80. The maximum absolute atomic E-state index is 12.7. The fraction of sp³-hybridized carbons (Fsp3) is 0.333. The fourth-order valence-electron chi connectivity index (χ4n) is 3.39. The van der Waals surface area contributed by atoms with Crippen molar-refractivity contribution in [3.63, 3.8) is 0 Å². The lowest BCUT2D eigenvalue weighted by Crippen LogP contribution is -2.40. The molecule has 2 aromatic carbocycles. The van der Waals surface area contributed by atoms with Crippen molar-refractivity contribution in [2.24, 2.45) is 5.92 Å². The summed E-state index contributed by atoms with van der Waals surface area (Å²) in [5, 5.41) is 6.78. The van der Waals surface area contributed by atoms with Gasteiger partial charge in [0.05, 0.1) is 16.0 Å². The van der Waals surface area contributed by atoms with Gasteiger partial charge >= 0.3 is 0 Å². The molecule has 3 rings (SSSR count). The first-order chi connectivity index (χ1) is 13.4. The van der Waals surface area contributed by atoms with Crippen LogP contribution in [0.15, 0.2) is 42.5 Å². The number of benzene rings is 2. The van der Waals surface area contributed by atoms with Crippen LogP contribution in [-0.4, -0.2) is 29.8 Å². The Morgan fingerprint density at radius 3 is 2.36 bits per heavy atom. The minimum absolute atomic E-state index is 0.0196. The van der Waals surface area contributed by atoms with Crippen LogP contribution in [0.25, 0.3) is 0 Å². The van der Waals surface area contributed by atoms with E-state index in [4.69, 9.17) is 23.2 Å². The molecule has 0 saturated carbocycles. The van der Waals surface area contributed by atoms with E-state index >= 15 is 0 Å². The highest BCUT2D eigenvalue weighted by atomic mass is 35.5. The number of nitrogens with zero attached hydrogens (tertiary/aromatic N) is 1. The molecule has 148 valence electrons. The lowest BCUT2D eigenvalue weighted by atomic mass is 9.96. The van der Waals surface area contributed by atoms with Crippen molar-refractivity contribution in [3.05, 3.63) is 58.1 Å². The summed E-state index contributed by atoms with van der Waals surface area (Å²) < 4.78 is 0. The zero-order valence-corrected chi connectivity index (χ0v) is 17.2. The molecule has 1 saturated heterocycles. The molecule has 0 spiro atoms. The van der Waals surface area contributed by atoms with Crippen LogP contribution >= 0.6 is 23.2 Å². The summed E-state index contributed by atoms with van der Waals surface area (Å²) in [6.45, 7) is 3.86. The standard InChI is InChI=1S/C21H23Cl2N3O2/c1-14(27)24-17-5-7-18(8-6-17)25-21(28)16-3-2-10-26(13-16)12-15-4-9-19(22)20(23)11-15/h4-9,11,16H,2-3,10,12-13H2,1H3,(H,24,27)(H,25,28). The van der Waals surface area contributed by atoms with Gasteiger partial charge in [-0.25, -0.2) is 0 Å². The molecule has 1 aliphatic rings. The van der Waals surface area contributed by atoms with Crippen molar-refractivity contribution < 1.29 is 9.59 Å². The molecule has 0 aliphatic carbocycles. The van der Waals surface area contributed by atoms with Crippen LogP contribution in [0, 0.1) is 5.92 Å². The molecule has 2 amide bonds. The van der Waals surface area contributed by atoms with Gasteiger partial charge in [0.15, 0.2) is 0 Å². The molecule has 5 nitrogen and oxygen atoms in total. The number of likely N-dealkylation sites (tertiary alicyclic amines) is 1. The van der Waals surface area contributed by atoms with Crippen LogP contribution in [0.2, 0.25) is 10.0 Å². The highest BCUT2D eigenvalue weighted by Gasteiger charge is 2.26. The number of halogens is 2. The predicted molar refractivity (Wildman–Crippen MR) is 114 cm³/mol. The molecule has 1 aliphatic heterocycles. The lowest BCUT2D eigenvalue weighted by Gasteiger charge is -2.32. The van der Waals surface area contributed by atoms with Gasteiger partial charge in [0.2, 0.25) is 11.8 Å². The zero-order chi connectivity index (χ0) is 20.1. The number of carbonyl (C=O) groups excluding carboxylic acids is 2. The average molecular weight is 420 g/mol. The van der Waals surface area contributed by atoms with Gasteiger partial charge in [0, 0.05) is 31.4 Å². The molecule has 0 aromatic heterocycles. The first kappa shape index (κ1) is 20.6. The summed E-state index contributed by atoms with van der Waals surface area (Å²) >= 11 is 12.1. The normalized spacial score (nSPS) is 17.2. The molecular weight excluding hydrogens is 397 g/mol. The van der Waals surface area contributed by atoms with E-state index < -0.39 is 0 Å². The minimum atomic E-state index is -0.124. The van der Waals surface area contributed by atoms with Gasteiger partial charge in [-0.05, 0) is 61.3 Å². The number of amides is 2. The molecular formula is C21H23Cl2N3O2. The summed E-state index contributed by atoms with van der Waals surface area (Å²) in [6, 6.07) is 12.8. The summed E-state index contributed by atoms with van der Waals surface area (Å²) in [7, 11) is 0. The van der Waals surface area contributed by atoms with Crippen molar-refractivity contribution in [3.8, 4) is 0 Å². The second kappa shape index (κ2) is 9.41. The number of piperidine rings is 1. The van der Waals surface area contributed by atoms with Crippen molar-refractivity contribution in [2.75, 3.05) is 23.7 Å². The Kier molecular flexibility index (Phi) is 6.94. The molecule has 0 bridgehead atoms. The average Bonchev–Trinajstić information content (AvgIpc) is 2.66. The molecule has 28 heavy (non-hydrogen) atoms.